The summed E-state index contributed by atoms with van der Waals surface area (Å²) in [5, 5.41) is 2.74. The maximum Gasteiger partial charge on any atom is 0.407 e. The Hall–Kier alpha value is -1.51. The molecule has 3 rings (SSSR count). The van der Waals surface area contributed by atoms with Crippen LogP contribution in [0.5, 0.6) is 0 Å². The number of rotatable bonds is 3. The number of hydrogen-bond acceptors (Lipinski definition) is 2. The van der Waals surface area contributed by atoms with Gasteiger partial charge in [0, 0.05) is 5.92 Å². The molecule has 1 aromatic rings. The minimum atomic E-state index is -0.272. The highest BCUT2D eigenvalue weighted by Gasteiger charge is 2.41. The van der Waals surface area contributed by atoms with E-state index < -0.39 is 0 Å². The van der Waals surface area contributed by atoms with E-state index in [0.717, 1.165) is 0 Å². The molecule has 0 spiro atoms. The number of hydrogen-bond donors (Lipinski definition) is 1. The Bertz CT molecular complexity index is 386. The second kappa shape index (κ2) is 3.81. The van der Waals surface area contributed by atoms with Crippen molar-refractivity contribution in [1.82, 2.24) is 5.32 Å². The molecule has 2 aliphatic rings. The van der Waals surface area contributed by atoms with E-state index in [4.69, 9.17) is 4.74 Å². The monoisotopic (exact) mass is 217 g/mol. The first-order valence-electron chi connectivity index (χ1n) is 5.84. The molecule has 1 heterocycles. The average Bonchev–Trinajstić information content (AvgIpc) is 3.04. The summed E-state index contributed by atoms with van der Waals surface area (Å²) >= 11 is 0. The van der Waals surface area contributed by atoms with Crippen LogP contribution < -0.4 is 5.32 Å². The van der Waals surface area contributed by atoms with Gasteiger partial charge in [-0.25, -0.2) is 4.79 Å². The first-order chi connectivity index (χ1) is 7.84. The van der Waals surface area contributed by atoms with E-state index in [0.29, 0.717) is 18.4 Å². The zero-order valence-corrected chi connectivity index (χ0v) is 9.06. The van der Waals surface area contributed by atoms with Crippen molar-refractivity contribution in [3.05, 3.63) is 35.9 Å². The summed E-state index contributed by atoms with van der Waals surface area (Å²) in [6.45, 7) is 0.648. The molecule has 0 bridgehead atoms. The standard InChI is InChI=1S/C13H15NO2/c15-13-14-8-11(16-13)12(10-6-7-10)9-4-2-1-3-5-9/h1-5,10-12H,6-8H2,(H,14,15). The fraction of sp³-hybridized carbons (Fsp3) is 0.462. The summed E-state index contributed by atoms with van der Waals surface area (Å²) in [7, 11) is 0. The predicted octanol–water partition coefficient (Wildman–Crippen LogP) is 2.29. The quantitative estimate of drug-likeness (QED) is 0.843. The van der Waals surface area contributed by atoms with E-state index in [1.807, 2.05) is 6.07 Å². The molecule has 2 unspecified atom stereocenters. The van der Waals surface area contributed by atoms with Gasteiger partial charge in [-0.2, -0.15) is 0 Å². The number of nitrogens with one attached hydrogen (secondary N) is 1. The smallest absolute Gasteiger partial charge is 0.407 e. The Morgan fingerprint density at radius 1 is 1.25 bits per heavy atom. The van der Waals surface area contributed by atoms with Gasteiger partial charge in [-0.05, 0) is 24.3 Å². The SMILES string of the molecule is O=C1NCC(C(c2ccccc2)C2CC2)O1. The van der Waals surface area contributed by atoms with Crippen molar-refractivity contribution in [1.29, 1.82) is 0 Å². The van der Waals surface area contributed by atoms with Crippen LogP contribution in [0.4, 0.5) is 4.79 Å². The summed E-state index contributed by atoms with van der Waals surface area (Å²) in [5.74, 6) is 1.07. The summed E-state index contributed by atoms with van der Waals surface area (Å²) < 4.78 is 5.33. The van der Waals surface area contributed by atoms with Crippen molar-refractivity contribution in [3.8, 4) is 0 Å². The normalized spacial score (nSPS) is 26.0. The van der Waals surface area contributed by atoms with Crippen LogP contribution in [-0.2, 0) is 4.74 Å². The third-order valence-electron chi connectivity index (χ3n) is 3.42. The van der Waals surface area contributed by atoms with E-state index >= 15 is 0 Å². The minimum absolute atomic E-state index is 0.0161. The second-order valence-corrected chi connectivity index (χ2v) is 4.60. The van der Waals surface area contributed by atoms with Gasteiger partial charge >= 0.3 is 6.09 Å². The largest absolute Gasteiger partial charge is 0.444 e. The zero-order valence-electron chi connectivity index (χ0n) is 9.06. The predicted molar refractivity (Wildman–Crippen MR) is 60.2 cm³/mol. The number of cyclic esters (lactones) is 1. The van der Waals surface area contributed by atoms with Crippen molar-refractivity contribution < 1.29 is 9.53 Å². The van der Waals surface area contributed by atoms with Gasteiger partial charge in [-0.15, -0.1) is 0 Å². The molecule has 3 nitrogen and oxygen atoms in total. The molecule has 1 amide bonds. The maximum atomic E-state index is 11.1. The molecule has 1 aliphatic carbocycles. The fourth-order valence-corrected chi connectivity index (χ4v) is 2.53. The second-order valence-electron chi connectivity index (χ2n) is 4.60. The van der Waals surface area contributed by atoms with Gasteiger partial charge in [0.15, 0.2) is 0 Å². The minimum Gasteiger partial charge on any atom is -0.444 e. The highest BCUT2D eigenvalue weighted by Crippen LogP contribution is 2.45. The van der Waals surface area contributed by atoms with Gasteiger partial charge in [0.05, 0.1) is 6.54 Å². The van der Waals surface area contributed by atoms with Crippen molar-refractivity contribution in [2.75, 3.05) is 6.54 Å². The lowest BCUT2D eigenvalue weighted by Gasteiger charge is -2.21. The number of benzene rings is 1. The Balaban J connectivity index is 1.84. The number of alkyl carbamates (subject to hydrolysis) is 1. The Labute approximate surface area is 94.8 Å². The number of amides is 1. The van der Waals surface area contributed by atoms with E-state index in [-0.39, 0.29) is 12.2 Å². The van der Waals surface area contributed by atoms with Crippen molar-refractivity contribution >= 4 is 6.09 Å². The molecule has 2 atom stereocenters. The van der Waals surface area contributed by atoms with Gasteiger partial charge in [0.1, 0.15) is 6.10 Å². The van der Waals surface area contributed by atoms with E-state index in [1.54, 1.807) is 0 Å². The summed E-state index contributed by atoms with van der Waals surface area (Å²) in [6, 6.07) is 10.4. The van der Waals surface area contributed by atoms with Gasteiger partial charge in [-0.1, -0.05) is 30.3 Å². The number of ether oxygens (including phenoxy) is 1. The first-order valence-corrected chi connectivity index (χ1v) is 5.84. The molecular weight excluding hydrogens is 202 g/mol. The first kappa shape index (κ1) is 9.70. The van der Waals surface area contributed by atoms with Gasteiger partial charge in [0.25, 0.3) is 0 Å². The third-order valence-corrected chi connectivity index (χ3v) is 3.42. The Morgan fingerprint density at radius 3 is 2.56 bits per heavy atom. The van der Waals surface area contributed by atoms with Crippen LogP contribution >= 0.6 is 0 Å². The van der Waals surface area contributed by atoms with Crippen LogP contribution in [0.15, 0.2) is 30.3 Å². The molecule has 0 radical (unpaired) electrons. The lowest BCUT2D eigenvalue weighted by Crippen LogP contribution is -2.24. The molecule has 1 aliphatic heterocycles. The van der Waals surface area contributed by atoms with Crippen LogP contribution in [0.25, 0.3) is 0 Å². The lowest BCUT2D eigenvalue weighted by molar-refractivity contribution is 0.120. The molecule has 1 aromatic carbocycles. The maximum absolute atomic E-state index is 11.1. The highest BCUT2D eigenvalue weighted by molar-refractivity contribution is 5.69. The van der Waals surface area contributed by atoms with Crippen molar-refractivity contribution in [2.24, 2.45) is 5.92 Å². The molecule has 16 heavy (non-hydrogen) atoms. The van der Waals surface area contributed by atoms with Crippen LogP contribution in [0.1, 0.15) is 24.3 Å². The average molecular weight is 217 g/mol. The van der Waals surface area contributed by atoms with E-state index in [1.165, 1.54) is 18.4 Å². The molecule has 84 valence electrons. The van der Waals surface area contributed by atoms with Crippen molar-refractivity contribution in [2.45, 2.75) is 24.9 Å². The fourth-order valence-electron chi connectivity index (χ4n) is 2.53. The molecule has 2 fully saturated rings. The molecule has 0 aromatic heterocycles. The summed E-state index contributed by atoms with van der Waals surface area (Å²) in [5.41, 5.74) is 1.30. The van der Waals surface area contributed by atoms with Crippen LogP contribution in [0.2, 0.25) is 0 Å². The lowest BCUT2D eigenvalue weighted by atomic mass is 9.89. The topological polar surface area (TPSA) is 38.3 Å². The Morgan fingerprint density at radius 2 is 2.00 bits per heavy atom. The highest BCUT2D eigenvalue weighted by atomic mass is 16.6. The van der Waals surface area contributed by atoms with E-state index in [9.17, 15) is 4.79 Å². The summed E-state index contributed by atoms with van der Waals surface area (Å²) in [4.78, 5) is 11.1. The Kier molecular flexibility index (Phi) is 2.31. The zero-order chi connectivity index (χ0) is 11.0. The van der Waals surface area contributed by atoms with Gasteiger partial charge in [-0.3, -0.25) is 0 Å². The van der Waals surface area contributed by atoms with Gasteiger partial charge in [0.2, 0.25) is 0 Å². The number of carbonyl (C=O) groups is 1. The van der Waals surface area contributed by atoms with Crippen LogP contribution in [0, 0.1) is 5.92 Å². The van der Waals surface area contributed by atoms with Crippen LogP contribution in [-0.4, -0.2) is 18.7 Å². The third kappa shape index (κ3) is 1.77. The molecule has 1 N–H and O–H groups in total. The van der Waals surface area contributed by atoms with Gasteiger partial charge < -0.3 is 10.1 Å². The number of carbonyl (C=O) groups excluding carboxylic acids is 1. The summed E-state index contributed by atoms with van der Waals surface area (Å²) in [6.07, 6.45) is 2.26. The molecular formula is C13H15NO2. The van der Waals surface area contributed by atoms with Crippen molar-refractivity contribution in [3.63, 3.8) is 0 Å². The van der Waals surface area contributed by atoms with E-state index in [2.05, 4.69) is 29.6 Å². The molecule has 1 saturated heterocycles. The van der Waals surface area contributed by atoms with Crippen LogP contribution in [0.3, 0.4) is 0 Å². The molecule has 1 saturated carbocycles. The molecule has 3 heteroatoms.